The minimum absolute atomic E-state index is 0.340. The molecule has 1 saturated carbocycles. The lowest BCUT2D eigenvalue weighted by Crippen LogP contribution is -2.45. The second-order valence-corrected chi connectivity index (χ2v) is 6.13. The Morgan fingerprint density at radius 2 is 2.16 bits per heavy atom. The molecular weight excluding hydrogens is 240 g/mol. The van der Waals surface area contributed by atoms with Crippen LogP contribution in [-0.4, -0.2) is 63.5 Å². The van der Waals surface area contributed by atoms with Crippen molar-refractivity contribution in [2.75, 3.05) is 46.4 Å². The van der Waals surface area contributed by atoms with Gasteiger partial charge in [0.2, 0.25) is 0 Å². The summed E-state index contributed by atoms with van der Waals surface area (Å²) in [5.41, 5.74) is 0. The third-order valence-electron chi connectivity index (χ3n) is 4.36. The van der Waals surface area contributed by atoms with Gasteiger partial charge in [0.25, 0.3) is 0 Å². The van der Waals surface area contributed by atoms with E-state index in [4.69, 9.17) is 9.47 Å². The standard InChI is InChI=1S/C15H30N2O2/c1-13-5-3-4-6-15(13)19-9-7-16-11-14-12-17(2)8-10-18-14/h13-16H,3-12H2,1-2H3. The van der Waals surface area contributed by atoms with Gasteiger partial charge in [-0.05, 0) is 25.8 Å². The van der Waals surface area contributed by atoms with Crippen LogP contribution in [0.4, 0.5) is 0 Å². The van der Waals surface area contributed by atoms with Crippen molar-refractivity contribution >= 4 is 0 Å². The fraction of sp³-hybridized carbons (Fsp3) is 1.00. The molecule has 4 nitrogen and oxygen atoms in total. The van der Waals surface area contributed by atoms with Crippen LogP contribution in [-0.2, 0) is 9.47 Å². The van der Waals surface area contributed by atoms with Crippen LogP contribution in [0.1, 0.15) is 32.6 Å². The van der Waals surface area contributed by atoms with Crippen LogP contribution < -0.4 is 5.32 Å². The van der Waals surface area contributed by atoms with Gasteiger partial charge in [0.05, 0.1) is 25.4 Å². The van der Waals surface area contributed by atoms with Gasteiger partial charge in [-0.1, -0.05) is 19.8 Å². The first-order chi connectivity index (χ1) is 9.25. The fourth-order valence-electron chi connectivity index (χ4n) is 3.07. The van der Waals surface area contributed by atoms with Gasteiger partial charge in [0.1, 0.15) is 0 Å². The molecule has 0 amide bonds. The highest BCUT2D eigenvalue weighted by Gasteiger charge is 2.21. The summed E-state index contributed by atoms with van der Waals surface area (Å²) in [6, 6.07) is 0. The number of ether oxygens (including phenoxy) is 2. The van der Waals surface area contributed by atoms with Gasteiger partial charge in [-0.2, -0.15) is 0 Å². The normalized spacial score (nSPS) is 33.5. The predicted octanol–water partition coefficient (Wildman–Crippen LogP) is 1.50. The minimum Gasteiger partial charge on any atom is -0.377 e. The summed E-state index contributed by atoms with van der Waals surface area (Å²) in [7, 11) is 2.16. The number of rotatable bonds is 6. The van der Waals surface area contributed by atoms with Gasteiger partial charge >= 0.3 is 0 Å². The van der Waals surface area contributed by atoms with Crippen molar-refractivity contribution < 1.29 is 9.47 Å². The molecule has 0 aromatic heterocycles. The van der Waals surface area contributed by atoms with Crippen LogP contribution in [0, 0.1) is 5.92 Å². The van der Waals surface area contributed by atoms with Gasteiger partial charge in [-0.15, -0.1) is 0 Å². The summed E-state index contributed by atoms with van der Waals surface area (Å²) < 4.78 is 11.7. The molecule has 2 rings (SSSR count). The molecule has 1 N–H and O–H groups in total. The van der Waals surface area contributed by atoms with Gasteiger partial charge in [0.15, 0.2) is 0 Å². The first-order valence-electron chi connectivity index (χ1n) is 7.88. The largest absolute Gasteiger partial charge is 0.377 e. The Morgan fingerprint density at radius 1 is 1.32 bits per heavy atom. The first-order valence-corrected chi connectivity index (χ1v) is 7.88. The number of nitrogens with one attached hydrogen (secondary N) is 1. The van der Waals surface area contributed by atoms with Gasteiger partial charge in [-0.3, -0.25) is 0 Å². The average molecular weight is 270 g/mol. The van der Waals surface area contributed by atoms with E-state index in [-0.39, 0.29) is 0 Å². The lowest BCUT2D eigenvalue weighted by atomic mass is 9.88. The number of likely N-dealkylation sites (N-methyl/N-ethyl adjacent to an activating group) is 1. The van der Waals surface area contributed by atoms with E-state index in [9.17, 15) is 0 Å². The van der Waals surface area contributed by atoms with Gasteiger partial charge in [0, 0.05) is 26.2 Å². The Hall–Kier alpha value is -0.160. The molecule has 2 fully saturated rings. The zero-order valence-corrected chi connectivity index (χ0v) is 12.6. The molecule has 0 bridgehead atoms. The van der Waals surface area contributed by atoms with E-state index < -0.39 is 0 Å². The minimum atomic E-state index is 0.340. The molecule has 3 unspecified atom stereocenters. The van der Waals surface area contributed by atoms with Gasteiger partial charge in [-0.25, -0.2) is 0 Å². The summed E-state index contributed by atoms with van der Waals surface area (Å²) in [6.45, 7) is 7.98. The van der Waals surface area contributed by atoms with Crippen molar-refractivity contribution in [3.05, 3.63) is 0 Å². The molecule has 19 heavy (non-hydrogen) atoms. The second-order valence-electron chi connectivity index (χ2n) is 6.13. The Kier molecular flexibility index (Phi) is 6.57. The summed E-state index contributed by atoms with van der Waals surface area (Å²) >= 11 is 0. The highest BCUT2D eigenvalue weighted by atomic mass is 16.5. The monoisotopic (exact) mass is 270 g/mol. The topological polar surface area (TPSA) is 33.7 Å². The number of hydrogen-bond donors (Lipinski definition) is 1. The van der Waals surface area contributed by atoms with Crippen molar-refractivity contribution in [1.29, 1.82) is 0 Å². The number of morpholine rings is 1. The smallest absolute Gasteiger partial charge is 0.0826 e. The molecule has 0 spiro atoms. The Morgan fingerprint density at radius 3 is 2.95 bits per heavy atom. The maximum atomic E-state index is 5.99. The molecule has 0 aromatic carbocycles. The van der Waals surface area contributed by atoms with Crippen molar-refractivity contribution in [2.24, 2.45) is 5.92 Å². The lowest BCUT2D eigenvalue weighted by molar-refractivity contribution is -0.0230. The third kappa shape index (κ3) is 5.38. The second kappa shape index (κ2) is 8.20. The highest BCUT2D eigenvalue weighted by molar-refractivity contribution is 4.73. The molecular formula is C15H30N2O2. The Bertz CT molecular complexity index is 250. The third-order valence-corrected chi connectivity index (χ3v) is 4.36. The molecule has 1 heterocycles. The van der Waals surface area contributed by atoms with Crippen molar-refractivity contribution in [2.45, 2.75) is 44.8 Å². The first kappa shape index (κ1) is 15.2. The molecule has 1 aliphatic carbocycles. The van der Waals surface area contributed by atoms with E-state index in [1.165, 1.54) is 25.7 Å². The molecule has 1 aliphatic heterocycles. The Balaban J connectivity index is 1.49. The molecule has 1 saturated heterocycles. The summed E-state index contributed by atoms with van der Waals surface area (Å²) in [6.07, 6.45) is 6.13. The van der Waals surface area contributed by atoms with Crippen LogP contribution in [0.2, 0.25) is 0 Å². The molecule has 3 atom stereocenters. The SMILES string of the molecule is CC1CCCCC1OCCNCC1CN(C)CCO1. The predicted molar refractivity (Wildman–Crippen MR) is 77.5 cm³/mol. The van der Waals surface area contributed by atoms with Crippen LogP contribution in [0.15, 0.2) is 0 Å². The molecule has 2 aliphatic rings. The van der Waals surface area contributed by atoms with Crippen LogP contribution >= 0.6 is 0 Å². The van der Waals surface area contributed by atoms with E-state index in [1.807, 2.05) is 0 Å². The van der Waals surface area contributed by atoms with Crippen LogP contribution in [0.3, 0.4) is 0 Å². The van der Waals surface area contributed by atoms with Gasteiger partial charge < -0.3 is 19.7 Å². The van der Waals surface area contributed by atoms with E-state index >= 15 is 0 Å². The van der Waals surface area contributed by atoms with E-state index in [2.05, 4.69) is 24.2 Å². The highest BCUT2D eigenvalue weighted by Crippen LogP contribution is 2.25. The molecule has 112 valence electrons. The van der Waals surface area contributed by atoms with Crippen LogP contribution in [0.5, 0.6) is 0 Å². The molecule has 4 heteroatoms. The Labute approximate surface area is 117 Å². The summed E-state index contributed by atoms with van der Waals surface area (Å²) in [5.74, 6) is 0.740. The van der Waals surface area contributed by atoms with E-state index in [1.54, 1.807) is 0 Å². The maximum Gasteiger partial charge on any atom is 0.0826 e. The lowest BCUT2D eigenvalue weighted by Gasteiger charge is -2.30. The zero-order valence-electron chi connectivity index (χ0n) is 12.6. The van der Waals surface area contributed by atoms with E-state index in [0.29, 0.717) is 12.2 Å². The zero-order chi connectivity index (χ0) is 13.5. The number of hydrogen-bond acceptors (Lipinski definition) is 4. The fourth-order valence-corrected chi connectivity index (χ4v) is 3.07. The van der Waals surface area contributed by atoms with Crippen LogP contribution in [0.25, 0.3) is 0 Å². The van der Waals surface area contributed by atoms with Crippen molar-refractivity contribution in [3.63, 3.8) is 0 Å². The maximum absolute atomic E-state index is 5.99. The van der Waals surface area contributed by atoms with Crippen molar-refractivity contribution in [3.8, 4) is 0 Å². The molecule has 0 aromatic rings. The average Bonchev–Trinajstić information content (AvgIpc) is 2.40. The van der Waals surface area contributed by atoms with E-state index in [0.717, 1.165) is 45.3 Å². The molecule has 0 radical (unpaired) electrons. The summed E-state index contributed by atoms with van der Waals surface area (Å²) in [5, 5.41) is 3.45. The number of nitrogens with zero attached hydrogens (tertiary/aromatic N) is 1. The summed E-state index contributed by atoms with van der Waals surface area (Å²) in [4.78, 5) is 2.33. The quantitative estimate of drug-likeness (QED) is 0.742. The van der Waals surface area contributed by atoms with Crippen molar-refractivity contribution in [1.82, 2.24) is 10.2 Å².